The molecule has 1 unspecified atom stereocenters. The van der Waals surface area contributed by atoms with E-state index in [2.05, 4.69) is 73.3 Å². The lowest BCUT2D eigenvalue weighted by Gasteiger charge is -2.35. The highest BCUT2D eigenvalue weighted by Crippen LogP contribution is 2.35. The maximum atomic E-state index is 15.2. The zero-order valence-electron chi connectivity index (χ0n) is 36.4. The summed E-state index contributed by atoms with van der Waals surface area (Å²) in [6.45, 7) is 14.2. The quantitative estimate of drug-likeness (QED) is 0.0855. The van der Waals surface area contributed by atoms with Crippen molar-refractivity contribution in [3.05, 3.63) is 137 Å². The number of aliphatic hydroxyl groups is 1. The number of benzene rings is 4. The van der Waals surface area contributed by atoms with Gasteiger partial charge in [-0.25, -0.2) is 23.5 Å². The number of nitrogens with one attached hydrogen (secondary N) is 3. The Morgan fingerprint density at radius 2 is 1.88 bits per heavy atom. The summed E-state index contributed by atoms with van der Waals surface area (Å²) in [6, 6.07) is 24.1. The average molecular weight is 871 g/mol. The Hall–Kier alpha value is -6.52. The fourth-order valence-electron chi connectivity index (χ4n) is 8.09. The van der Waals surface area contributed by atoms with E-state index in [-0.39, 0.29) is 23.4 Å². The van der Waals surface area contributed by atoms with Gasteiger partial charge in [-0.15, -0.1) is 0 Å². The topological polar surface area (TPSA) is 148 Å². The molecule has 0 bridgehead atoms. The van der Waals surface area contributed by atoms with Crippen LogP contribution in [0.5, 0.6) is 5.75 Å². The summed E-state index contributed by atoms with van der Waals surface area (Å²) in [7, 11) is 2.06. The highest BCUT2D eigenvalue weighted by Gasteiger charge is 2.25. The van der Waals surface area contributed by atoms with Crippen LogP contribution in [0.3, 0.4) is 0 Å². The van der Waals surface area contributed by atoms with Gasteiger partial charge in [0.2, 0.25) is 0 Å². The lowest BCUT2D eigenvalue weighted by atomic mass is 9.96. The van der Waals surface area contributed by atoms with Crippen LogP contribution < -0.4 is 20.3 Å². The Kier molecular flexibility index (Phi) is 12.9. The zero-order valence-corrected chi connectivity index (χ0v) is 36.4. The number of rotatable bonds is 14. The molecule has 0 radical (unpaired) electrons. The van der Waals surface area contributed by atoms with Crippen LogP contribution in [-0.2, 0) is 16.9 Å². The van der Waals surface area contributed by atoms with Crippen molar-refractivity contribution in [3.8, 4) is 28.3 Å². The number of likely N-dealkylation sites (N-methyl/N-ethyl adjacent to an activating group) is 1. The highest BCUT2D eigenvalue weighted by molar-refractivity contribution is 6.06. The molecule has 2 saturated heterocycles. The van der Waals surface area contributed by atoms with Crippen LogP contribution >= 0.6 is 0 Å². The third-order valence-corrected chi connectivity index (χ3v) is 11.7. The molecule has 2 aliphatic heterocycles. The Labute approximate surface area is 370 Å². The van der Waals surface area contributed by atoms with Crippen molar-refractivity contribution in [2.75, 3.05) is 63.2 Å². The van der Waals surface area contributed by atoms with E-state index in [1.54, 1.807) is 11.8 Å². The molecule has 1 atom stereocenters. The van der Waals surface area contributed by atoms with Crippen molar-refractivity contribution < 1.29 is 33.0 Å². The summed E-state index contributed by atoms with van der Waals surface area (Å²) >= 11 is 0. The average Bonchev–Trinajstić information content (AvgIpc) is 3.70. The lowest BCUT2D eigenvalue weighted by Crippen LogP contribution is -2.47. The number of carbonyl (C=O) groups excluding carboxylic acids is 2. The number of hydrogen-bond acceptors (Lipinski definition) is 9. The second kappa shape index (κ2) is 18.7. The molecule has 332 valence electrons. The van der Waals surface area contributed by atoms with Gasteiger partial charge in [0, 0.05) is 85.5 Å². The second-order valence-corrected chi connectivity index (χ2v) is 17.0. The van der Waals surface area contributed by atoms with Crippen molar-refractivity contribution in [2.45, 2.75) is 45.4 Å². The van der Waals surface area contributed by atoms with Gasteiger partial charge >= 0.3 is 6.03 Å². The molecule has 2 aromatic heterocycles. The fraction of sp³-hybridized carbons (Fsp3) is 0.306. The molecule has 8 rings (SSSR count). The number of urea groups is 1. The summed E-state index contributed by atoms with van der Waals surface area (Å²) in [6.07, 6.45) is 2.15. The molecule has 15 heteroatoms. The number of fused-ring (bicyclic) bond motifs is 1. The number of H-pyrrole nitrogens is 1. The van der Waals surface area contributed by atoms with E-state index < -0.39 is 23.1 Å². The molecule has 0 saturated carbocycles. The number of amides is 3. The minimum absolute atomic E-state index is 0.0463. The van der Waals surface area contributed by atoms with Crippen molar-refractivity contribution >= 4 is 34.3 Å². The molecule has 4 N–H and O–H groups in total. The number of nitrogens with zero attached hydrogens (tertiary/aromatic N) is 5. The largest absolute Gasteiger partial charge is 0.492 e. The third kappa shape index (κ3) is 10.1. The first kappa shape index (κ1) is 44.1. The van der Waals surface area contributed by atoms with Crippen LogP contribution in [0.15, 0.2) is 104 Å². The van der Waals surface area contributed by atoms with E-state index in [1.807, 2.05) is 30.3 Å². The molecule has 4 aromatic carbocycles. The monoisotopic (exact) mass is 870 g/mol. The van der Waals surface area contributed by atoms with Gasteiger partial charge in [0.1, 0.15) is 36.0 Å². The van der Waals surface area contributed by atoms with Crippen LogP contribution in [0.1, 0.15) is 47.3 Å². The molecular formula is C49H52F2N8O5. The number of hydrogen-bond donors (Lipinski definition) is 4. The van der Waals surface area contributed by atoms with Crippen LogP contribution in [0.4, 0.5) is 25.0 Å². The van der Waals surface area contributed by atoms with E-state index in [4.69, 9.17) is 9.47 Å². The van der Waals surface area contributed by atoms with E-state index in [1.165, 1.54) is 44.4 Å². The van der Waals surface area contributed by atoms with E-state index >= 15 is 4.39 Å². The van der Waals surface area contributed by atoms with Gasteiger partial charge in [-0.05, 0) is 92.5 Å². The molecule has 2 aliphatic rings. The predicted octanol–water partition coefficient (Wildman–Crippen LogP) is 8.00. The fourth-order valence-corrected chi connectivity index (χ4v) is 8.09. The molecule has 2 fully saturated rings. The second-order valence-electron chi connectivity index (χ2n) is 17.0. The normalized spacial score (nSPS) is 16.1. The summed E-state index contributed by atoms with van der Waals surface area (Å²) in [5.41, 5.74) is 5.41. The maximum absolute atomic E-state index is 15.2. The molecule has 4 heterocycles. The molecule has 0 aliphatic carbocycles. The number of morpholine rings is 1. The molecule has 3 amide bonds. The molecular weight excluding hydrogens is 819 g/mol. The standard InChI is InChI=1S/C49H52F2N8O5/c1-30-15-16-59(48(61)54-30)36-7-6-8-37(24-36)63-19-17-57(5)27-38-28-58(18-20-64-38)26-32-9-11-33(12-10-32)44-25-41-45(52-29-53-46(41)55-44)40-22-35(50)23-43(31(40)2)56-47(60)39-14-13-34(21-42(39)51)49(3,4)62/h6-14,21-25,29,38,62H,1,15-20,26-28H2,2-5H3,(H,54,61)(H,56,60)(H,52,53,55). The van der Waals surface area contributed by atoms with Crippen molar-refractivity contribution in [3.63, 3.8) is 0 Å². The highest BCUT2D eigenvalue weighted by atomic mass is 19.1. The Morgan fingerprint density at radius 3 is 2.64 bits per heavy atom. The first-order chi connectivity index (χ1) is 30.7. The van der Waals surface area contributed by atoms with E-state index in [9.17, 15) is 19.1 Å². The predicted molar refractivity (Wildman–Crippen MR) is 243 cm³/mol. The first-order valence-electron chi connectivity index (χ1n) is 21.3. The smallest absolute Gasteiger partial charge is 0.326 e. The molecule has 6 aromatic rings. The number of carbonyl (C=O) groups is 2. The Morgan fingerprint density at radius 1 is 1.06 bits per heavy atom. The number of anilines is 2. The number of ether oxygens (including phenoxy) is 2. The molecule has 0 spiro atoms. The lowest BCUT2D eigenvalue weighted by molar-refractivity contribution is -0.0438. The number of aromatic amines is 1. The van der Waals surface area contributed by atoms with Crippen molar-refractivity contribution in [1.29, 1.82) is 0 Å². The van der Waals surface area contributed by atoms with Gasteiger partial charge in [-0.3, -0.25) is 14.6 Å². The minimum Gasteiger partial charge on any atom is -0.492 e. The van der Waals surface area contributed by atoms with Crippen LogP contribution in [0.2, 0.25) is 0 Å². The van der Waals surface area contributed by atoms with E-state index in [0.29, 0.717) is 71.9 Å². The molecule has 13 nitrogen and oxygen atoms in total. The maximum Gasteiger partial charge on any atom is 0.326 e. The summed E-state index contributed by atoms with van der Waals surface area (Å²) in [4.78, 5) is 44.3. The van der Waals surface area contributed by atoms with Gasteiger partial charge < -0.3 is 35.1 Å². The zero-order chi connectivity index (χ0) is 45.1. The third-order valence-electron chi connectivity index (χ3n) is 11.7. The number of aromatic nitrogens is 3. The van der Waals surface area contributed by atoms with E-state index in [0.717, 1.165) is 60.5 Å². The van der Waals surface area contributed by atoms with Gasteiger partial charge in [-0.1, -0.05) is 43.0 Å². The molecule has 64 heavy (non-hydrogen) atoms. The van der Waals surface area contributed by atoms with Gasteiger partial charge in [0.25, 0.3) is 5.91 Å². The summed E-state index contributed by atoms with van der Waals surface area (Å²) in [5, 5.41) is 16.4. The Balaban J connectivity index is 0.871. The van der Waals surface area contributed by atoms with Gasteiger partial charge in [-0.2, -0.15) is 0 Å². The Bertz CT molecular complexity index is 2700. The first-order valence-corrected chi connectivity index (χ1v) is 21.3. The van der Waals surface area contributed by atoms with Gasteiger partial charge in [0.15, 0.2) is 0 Å². The number of halogens is 2. The van der Waals surface area contributed by atoms with Gasteiger partial charge in [0.05, 0.1) is 29.6 Å². The summed E-state index contributed by atoms with van der Waals surface area (Å²) < 4.78 is 42.4. The minimum atomic E-state index is -1.29. The van der Waals surface area contributed by atoms with Crippen LogP contribution in [0, 0.1) is 18.6 Å². The van der Waals surface area contributed by atoms with Crippen LogP contribution in [0.25, 0.3) is 33.5 Å². The van der Waals surface area contributed by atoms with Crippen molar-refractivity contribution in [1.82, 2.24) is 30.1 Å². The summed E-state index contributed by atoms with van der Waals surface area (Å²) in [5.74, 6) is -1.45. The van der Waals surface area contributed by atoms with Crippen LogP contribution in [-0.4, -0.2) is 101 Å². The SMILES string of the molecule is C=C1CCN(c2cccc(OCCN(C)CC3CN(Cc4ccc(-c5cc6c(-c7cc(F)cc(NC(=O)c8ccc(C(C)(C)O)cc8F)c7C)ncnc6[nH]5)cc4)CCO3)c2)C(=O)N1. The van der Waals surface area contributed by atoms with Crippen molar-refractivity contribution in [2.24, 2.45) is 0 Å².